The lowest BCUT2D eigenvalue weighted by Crippen LogP contribution is -2.07. The van der Waals surface area contributed by atoms with Gasteiger partial charge in [-0.1, -0.05) is 22.5 Å². The maximum absolute atomic E-state index is 11.5. The number of carbonyl (C=O) groups is 1. The summed E-state index contributed by atoms with van der Waals surface area (Å²) < 4.78 is 2.95. The Morgan fingerprint density at radius 2 is 2.29 bits per heavy atom. The number of aryl methyl sites for hydroxylation is 1. The Bertz CT molecular complexity index is 392. The zero-order valence-electron chi connectivity index (χ0n) is 7.92. The van der Waals surface area contributed by atoms with E-state index in [9.17, 15) is 4.79 Å². The molecule has 0 saturated carbocycles. The topological polar surface area (TPSA) is 22.0 Å². The van der Waals surface area contributed by atoms with E-state index < -0.39 is 0 Å². The van der Waals surface area contributed by atoms with Gasteiger partial charge in [0.15, 0.2) is 5.78 Å². The summed E-state index contributed by atoms with van der Waals surface area (Å²) in [7, 11) is 0. The molecule has 1 aromatic heterocycles. The number of rotatable bonds is 2. The largest absolute Gasteiger partial charge is 0.348 e. The van der Waals surface area contributed by atoms with Crippen LogP contribution in [0.15, 0.2) is 23.5 Å². The standard InChI is InChI=1S/C11H12BrNO/c1-8(12)5-13-6-9-3-2-4-11(14)10(9)7-13/h6-7H,1-5H2. The van der Waals surface area contributed by atoms with Gasteiger partial charge < -0.3 is 4.57 Å². The first-order valence-corrected chi connectivity index (χ1v) is 5.51. The fraction of sp³-hybridized carbons (Fsp3) is 0.364. The Balaban J connectivity index is 2.30. The Hall–Kier alpha value is -0.830. The third kappa shape index (κ3) is 1.82. The molecule has 0 saturated heterocycles. The maximum atomic E-state index is 11.5. The summed E-state index contributed by atoms with van der Waals surface area (Å²) in [5.41, 5.74) is 2.10. The van der Waals surface area contributed by atoms with Gasteiger partial charge in [-0.15, -0.1) is 0 Å². The van der Waals surface area contributed by atoms with E-state index >= 15 is 0 Å². The van der Waals surface area contributed by atoms with E-state index in [4.69, 9.17) is 0 Å². The van der Waals surface area contributed by atoms with Crippen LogP contribution in [0.5, 0.6) is 0 Å². The van der Waals surface area contributed by atoms with Crippen LogP contribution in [-0.4, -0.2) is 10.4 Å². The molecular formula is C11H12BrNO. The smallest absolute Gasteiger partial charge is 0.164 e. The average Bonchev–Trinajstić information content (AvgIpc) is 2.47. The van der Waals surface area contributed by atoms with Crippen LogP contribution in [0.25, 0.3) is 0 Å². The lowest BCUT2D eigenvalue weighted by Gasteiger charge is -2.07. The monoisotopic (exact) mass is 253 g/mol. The van der Waals surface area contributed by atoms with Gasteiger partial charge in [0.1, 0.15) is 0 Å². The summed E-state index contributed by atoms with van der Waals surface area (Å²) in [5.74, 6) is 0.283. The normalized spacial score (nSPS) is 15.4. The van der Waals surface area contributed by atoms with Gasteiger partial charge in [0, 0.05) is 28.9 Å². The Labute approximate surface area is 91.7 Å². The number of nitrogens with zero attached hydrogens (tertiary/aromatic N) is 1. The zero-order valence-corrected chi connectivity index (χ0v) is 9.51. The lowest BCUT2D eigenvalue weighted by atomic mass is 9.95. The van der Waals surface area contributed by atoms with Crippen LogP contribution in [-0.2, 0) is 13.0 Å². The van der Waals surface area contributed by atoms with Crippen LogP contribution in [0.4, 0.5) is 0 Å². The van der Waals surface area contributed by atoms with Crippen molar-refractivity contribution in [2.24, 2.45) is 0 Å². The second-order valence-electron chi connectivity index (χ2n) is 3.66. The highest BCUT2D eigenvalue weighted by atomic mass is 79.9. The summed E-state index contributed by atoms with van der Waals surface area (Å²) in [5, 5.41) is 0. The van der Waals surface area contributed by atoms with Crippen molar-refractivity contribution in [2.75, 3.05) is 0 Å². The van der Waals surface area contributed by atoms with Crippen molar-refractivity contribution >= 4 is 21.7 Å². The number of ketones is 1. The van der Waals surface area contributed by atoms with E-state index in [2.05, 4.69) is 28.7 Å². The highest BCUT2D eigenvalue weighted by molar-refractivity contribution is 9.11. The molecular weight excluding hydrogens is 242 g/mol. The molecule has 0 atom stereocenters. The Morgan fingerprint density at radius 1 is 1.50 bits per heavy atom. The fourth-order valence-corrected chi connectivity index (χ4v) is 2.16. The number of allylic oxidation sites excluding steroid dienone is 1. The lowest BCUT2D eigenvalue weighted by molar-refractivity contribution is 0.0973. The van der Waals surface area contributed by atoms with Crippen LogP contribution < -0.4 is 0 Å². The Kier molecular flexibility index (Phi) is 2.59. The van der Waals surface area contributed by atoms with Crippen molar-refractivity contribution in [3.05, 3.63) is 34.6 Å². The molecule has 0 radical (unpaired) electrons. The minimum absolute atomic E-state index is 0.283. The SMILES string of the molecule is C=C(Br)Cn1cc2c(c1)C(=O)CCC2. The molecule has 1 aromatic rings. The fourth-order valence-electron chi connectivity index (χ4n) is 1.87. The molecule has 1 aliphatic rings. The van der Waals surface area contributed by atoms with Crippen molar-refractivity contribution in [3.8, 4) is 0 Å². The van der Waals surface area contributed by atoms with Crippen LogP contribution in [0.3, 0.4) is 0 Å². The summed E-state index contributed by atoms with van der Waals surface area (Å²) >= 11 is 3.32. The predicted octanol–water partition coefficient (Wildman–Crippen LogP) is 2.92. The third-order valence-corrected chi connectivity index (χ3v) is 2.72. The van der Waals surface area contributed by atoms with Gasteiger partial charge in [0.2, 0.25) is 0 Å². The number of fused-ring (bicyclic) bond motifs is 1. The maximum Gasteiger partial charge on any atom is 0.164 e. The summed E-state index contributed by atoms with van der Waals surface area (Å²) in [4.78, 5) is 11.5. The van der Waals surface area contributed by atoms with E-state index in [1.54, 1.807) is 0 Å². The van der Waals surface area contributed by atoms with Crippen LogP contribution >= 0.6 is 15.9 Å². The number of aromatic nitrogens is 1. The first kappa shape index (κ1) is 9.71. The minimum Gasteiger partial charge on any atom is -0.348 e. The number of Topliss-reactive ketones (excluding diaryl/α,β-unsaturated/α-hetero) is 1. The second kappa shape index (κ2) is 3.73. The van der Waals surface area contributed by atoms with Gasteiger partial charge in [-0.05, 0) is 18.4 Å². The molecule has 0 unspecified atom stereocenters. The van der Waals surface area contributed by atoms with Crippen LogP contribution in [0.1, 0.15) is 28.8 Å². The molecule has 74 valence electrons. The molecule has 2 rings (SSSR count). The van der Waals surface area contributed by atoms with E-state index in [1.165, 1.54) is 5.56 Å². The van der Waals surface area contributed by atoms with E-state index in [-0.39, 0.29) is 5.78 Å². The molecule has 0 aromatic carbocycles. The molecule has 1 aliphatic carbocycles. The molecule has 0 spiro atoms. The predicted molar refractivity (Wildman–Crippen MR) is 59.8 cm³/mol. The highest BCUT2D eigenvalue weighted by Crippen LogP contribution is 2.22. The average molecular weight is 254 g/mol. The van der Waals surface area contributed by atoms with E-state index in [1.807, 2.05) is 10.8 Å². The van der Waals surface area contributed by atoms with Gasteiger partial charge >= 0.3 is 0 Å². The molecule has 2 nitrogen and oxygen atoms in total. The number of halogens is 1. The quantitative estimate of drug-likeness (QED) is 0.795. The van der Waals surface area contributed by atoms with Gasteiger partial charge in [0.05, 0.1) is 6.54 Å². The third-order valence-electron chi connectivity index (χ3n) is 2.47. The van der Waals surface area contributed by atoms with E-state index in [0.717, 1.165) is 29.4 Å². The van der Waals surface area contributed by atoms with Crippen LogP contribution in [0.2, 0.25) is 0 Å². The highest BCUT2D eigenvalue weighted by Gasteiger charge is 2.18. The first-order valence-electron chi connectivity index (χ1n) is 4.72. The minimum atomic E-state index is 0.283. The first-order chi connectivity index (χ1) is 6.66. The number of carbonyl (C=O) groups excluding carboxylic acids is 1. The summed E-state index contributed by atoms with van der Waals surface area (Å²) in [6.45, 7) is 4.52. The van der Waals surface area contributed by atoms with Crippen molar-refractivity contribution in [1.82, 2.24) is 4.57 Å². The van der Waals surface area contributed by atoms with Gasteiger partial charge in [0.25, 0.3) is 0 Å². The van der Waals surface area contributed by atoms with Crippen LogP contribution in [0, 0.1) is 0 Å². The zero-order chi connectivity index (χ0) is 10.1. The summed E-state index contributed by atoms with van der Waals surface area (Å²) in [6.07, 6.45) is 6.71. The second-order valence-corrected chi connectivity index (χ2v) is 4.78. The molecule has 0 N–H and O–H groups in total. The van der Waals surface area contributed by atoms with E-state index in [0.29, 0.717) is 6.42 Å². The van der Waals surface area contributed by atoms with Crippen molar-refractivity contribution in [1.29, 1.82) is 0 Å². The molecule has 0 aliphatic heterocycles. The molecule has 14 heavy (non-hydrogen) atoms. The molecule has 0 amide bonds. The van der Waals surface area contributed by atoms with Crippen molar-refractivity contribution in [3.63, 3.8) is 0 Å². The van der Waals surface area contributed by atoms with Gasteiger partial charge in [-0.3, -0.25) is 4.79 Å². The molecule has 0 fully saturated rings. The van der Waals surface area contributed by atoms with Gasteiger partial charge in [-0.2, -0.15) is 0 Å². The molecule has 1 heterocycles. The number of hydrogen-bond acceptors (Lipinski definition) is 1. The molecule has 0 bridgehead atoms. The molecule has 3 heteroatoms. The van der Waals surface area contributed by atoms with Crippen molar-refractivity contribution in [2.45, 2.75) is 25.8 Å². The van der Waals surface area contributed by atoms with Gasteiger partial charge in [-0.25, -0.2) is 0 Å². The van der Waals surface area contributed by atoms with Crippen molar-refractivity contribution < 1.29 is 4.79 Å². The Morgan fingerprint density at radius 3 is 2.93 bits per heavy atom. The number of hydrogen-bond donors (Lipinski definition) is 0. The summed E-state index contributed by atoms with van der Waals surface area (Å²) in [6, 6.07) is 0.